The fraction of sp³-hybridized carbons (Fsp3) is 0.611. The number of nitrogens with zero attached hydrogens (tertiary/aromatic N) is 3. The van der Waals surface area contributed by atoms with E-state index in [2.05, 4.69) is 20.5 Å². The van der Waals surface area contributed by atoms with Crippen LogP contribution in [0, 0.1) is 11.6 Å². The van der Waals surface area contributed by atoms with Gasteiger partial charge in [-0.25, -0.2) is 17.2 Å². The Morgan fingerprint density at radius 1 is 1.25 bits per heavy atom. The molecular formula is C18H27F2N5O2S. The Hall–Kier alpha value is -1.94. The fourth-order valence-corrected chi connectivity index (χ4v) is 4.81. The van der Waals surface area contributed by atoms with Crippen LogP contribution >= 0.6 is 0 Å². The van der Waals surface area contributed by atoms with Crippen LogP contribution in [0.3, 0.4) is 0 Å². The first-order valence-electron chi connectivity index (χ1n) is 9.46. The SMILES string of the molecule is CN=C(NCCN1CCS(=O)(=O)CC1)NC1CCN(c2ccc(F)cc2F)C1. The minimum absolute atomic E-state index is 0.107. The van der Waals surface area contributed by atoms with Crippen molar-refractivity contribution in [2.24, 2.45) is 4.99 Å². The molecule has 1 aromatic carbocycles. The van der Waals surface area contributed by atoms with Crippen molar-refractivity contribution < 1.29 is 17.2 Å². The molecule has 0 bridgehead atoms. The highest BCUT2D eigenvalue weighted by molar-refractivity contribution is 7.91. The number of nitrogens with one attached hydrogen (secondary N) is 2. The summed E-state index contributed by atoms with van der Waals surface area (Å²) >= 11 is 0. The molecule has 0 radical (unpaired) electrons. The van der Waals surface area contributed by atoms with E-state index in [0.717, 1.165) is 19.0 Å². The van der Waals surface area contributed by atoms with Gasteiger partial charge in [-0.05, 0) is 18.6 Å². The molecule has 2 aliphatic heterocycles. The lowest BCUT2D eigenvalue weighted by molar-refractivity contribution is 0.299. The number of anilines is 1. The molecule has 0 spiro atoms. The van der Waals surface area contributed by atoms with Crippen molar-refractivity contribution in [1.29, 1.82) is 0 Å². The lowest BCUT2D eigenvalue weighted by Gasteiger charge is -2.27. The summed E-state index contributed by atoms with van der Waals surface area (Å²) in [6.45, 7) is 3.82. The third-order valence-electron chi connectivity index (χ3n) is 5.16. The molecule has 1 aromatic rings. The van der Waals surface area contributed by atoms with E-state index >= 15 is 0 Å². The predicted octanol–water partition coefficient (Wildman–Crippen LogP) is 0.439. The molecule has 2 fully saturated rings. The van der Waals surface area contributed by atoms with E-state index in [-0.39, 0.29) is 17.5 Å². The Labute approximate surface area is 164 Å². The van der Waals surface area contributed by atoms with Gasteiger partial charge in [0.2, 0.25) is 0 Å². The predicted molar refractivity (Wildman–Crippen MR) is 107 cm³/mol. The highest BCUT2D eigenvalue weighted by Crippen LogP contribution is 2.24. The van der Waals surface area contributed by atoms with Crippen molar-refractivity contribution in [3.8, 4) is 0 Å². The maximum atomic E-state index is 14.0. The maximum absolute atomic E-state index is 14.0. The van der Waals surface area contributed by atoms with E-state index in [4.69, 9.17) is 0 Å². The van der Waals surface area contributed by atoms with Gasteiger partial charge in [-0.2, -0.15) is 0 Å². The van der Waals surface area contributed by atoms with Crippen LogP contribution in [0.5, 0.6) is 0 Å². The number of guanidine groups is 1. The molecule has 1 unspecified atom stereocenters. The number of aliphatic imine (C=N–C) groups is 1. The van der Waals surface area contributed by atoms with Crippen molar-refractivity contribution in [3.63, 3.8) is 0 Å². The van der Waals surface area contributed by atoms with Crippen LogP contribution in [0.25, 0.3) is 0 Å². The van der Waals surface area contributed by atoms with Crippen LogP contribution in [-0.2, 0) is 9.84 Å². The highest BCUT2D eigenvalue weighted by Gasteiger charge is 2.25. The first kappa shape index (κ1) is 20.8. The lowest BCUT2D eigenvalue weighted by Crippen LogP contribution is -2.48. The van der Waals surface area contributed by atoms with E-state index in [1.807, 2.05) is 4.90 Å². The summed E-state index contributed by atoms with van der Waals surface area (Å²) in [6.07, 6.45) is 0.821. The van der Waals surface area contributed by atoms with Gasteiger partial charge in [-0.1, -0.05) is 0 Å². The monoisotopic (exact) mass is 415 g/mol. The molecule has 7 nitrogen and oxygen atoms in total. The Bertz CT molecular complexity index is 804. The second-order valence-corrected chi connectivity index (χ2v) is 9.47. The summed E-state index contributed by atoms with van der Waals surface area (Å²) in [7, 11) is -1.17. The van der Waals surface area contributed by atoms with Crippen molar-refractivity contribution in [3.05, 3.63) is 29.8 Å². The van der Waals surface area contributed by atoms with Crippen molar-refractivity contribution in [1.82, 2.24) is 15.5 Å². The van der Waals surface area contributed by atoms with Crippen molar-refractivity contribution in [2.75, 3.05) is 62.7 Å². The largest absolute Gasteiger partial charge is 0.367 e. The normalized spacial score (nSPS) is 23.0. The van der Waals surface area contributed by atoms with Crippen LogP contribution in [-0.4, -0.2) is 83.1 Å². The summed E-state index contributed by atoms with van der Waals surface area (Å²) < 4.78 is 50.0. The number of hydrogen-bond acceptors (Lipinski definition) is 5. The Morgan fingerprint density at radius 2 is 2.00 bits per heavy atom. The standard InChI is InChI=1S/C18H27F2N5O2S/c1-21-18(22-5-7-24-8-10-28(26,27)11-9-24)23-15-4-6-25(13-15)17-3-2-14(19)12-16(17)20/h2-3,12,15H,4-11,13H2,1H3,(H2,21,22,23). The third-order valence-corrected chi connectivity index (χ3v) is 6.77. The van der Waals surface area contributed by atoms with Crippen LogP contribution < -0.4 is 15.5 Å². The zero-order valence-electron chi connectivity index (χ0n) is 16.0. The molecule has 1 atom stereocenters. The average Bonchev–Trinajstić information content (AvgIpc) is 3.10. The van der Waals surface area contributed by atoms with Gasteiger partial charge in [0.1, 0.15) is 11.6 Å². The third kappa shape index (κ3) is 5.54. The summed E-state index contributed by atoms with van der Waals surface area (Å²) in [6, 6.07) is 3.75. The lowest BCUT2D eigenvalue weighted by atomic mass is 10.2. The van der Waals surface area contributed by atoms with Crippen LogP contribution in [0.1, 0.15) is 6.42 Å². The maximum Gasteiger partial charge on any atom is 0.191 e. The second kappa shape index (κ2) is 9.04. The van der Waals surface area contributed by atoms with Gasteiger partial charge in [-0.15, -0.1) is 0 Å². The van der Waals surface area contributed by atoms with Gasteiger partial charge in [-0.3, -0.25) is 9.89 Å². The Kier molecular flexibility index (Phi) is 6.71. The summed E-state index contributed by atoms with van der Waals surface area (Å²) in [4.78, 5) is 8.24. The smallest absolute Gasteiger partial charge is 0.191 e. The van der Waals surface area contributed by atoms with Crippen LogP contribution in [0.15, 0.2) is 23.2 Å². The number of benzene rings is 1. The molecule has 3 rings (SSSR count). The van der Waals surface area contributed by atoms with Gasteiger partial charge in [0.05, 0.1) is 17.2 Å². The van der Waals surface area contributed by atoms with Crippen molar-refractivity contribution in [2.45, 2.75) is 12.5 Å². The van der Waals surface area contributed by atoms with E-state index in [1.54, 1.807) is 7.05 Å². The molecular weight excluding hydrogens is 388 g/mol. The molecule has 0 amide bonds. The highest BCUT2D eigenvalue weighted by atomic mass is 32.2. The minimum Gasteiger partial charge on any atom is -0.367 e. The molecule has 10 heteroatoms. The van der Waals surface area contributed by atoms with Crippen molar-refractivity contribution >= 4 is 21.5 Å². The quantitative estimate of drug-likeness (QED) is 0.537. The van der Waals surface area contributed by atoms with Gasteiger partial charge in [0.15, 0.2) is 15.8 Å². The first-order valence-corrected chi connectivity index (χ1v) is 11.3. The molecule has 0 aromatic heterocycles. The Morgan fingerprint density at radius 3 is 2.68 bits per heavy atom. The molecule has 156 valence electrons. The molecule has 2 aliphatic rings. The minimum atomic E-state index is -2.86. The molecule has 2 heterocycles. The van der Waals surface area contributed by atoms with E-state index in [1.165, 1.54) is 12.1 Å². The van der Waals surface area contributed by atoms with Crippen LogP contribution in [0.2, 0.25) is 0 Å². The molecule has 0 aliphatic carbocycles. The average molecular weight is 416 g/mol. The van der Waals surface area contributed by atoms with Gasteiger partial charge >= 0.3 is 0 Å². The van der Waals surface area contributed by atoms with Crippen LogP contribution in [0.4, 0.5) is 14.5 Å². The summed E-state index contributed by atoms with van der Waals surface area (Å²) in [5.41, 5.74) is 0.411. The van der Waals surface area contributed by atoms with Gasteiger partial charge < -0.3 is 15.5 Å². The summed E-state index contributed by atoms with van der Waals surface area (Å²) in [5, 5.41) is 6.58. The summed E-state index contributed by atoms with van der Waals surface area (Å²) in [5.74, 6) is -0.0239. The zero-order valence-corrected chi connectivity index (χ0v) is 16.8. The first-order chi connectivity index (χ1) is 13.4. The molecule has 2 N–H and O–H groups in total. The van der Waals surface area contributed by atoms with E-state index < -0.39 is 21.5 Å². The van der Waals surface area contributed by atoms with Gasteiger partial charge in [0.25, 0.3) is 0 Å². The molecule has 28 heavy (non-hydrogen) atoms. The number of rotatable bonds is 5. The molecule has 2 saturated heterocycles. The number of halogens is 2. The Balaban J connectivity index is 1.43. The van der Waals surface area contributed by atoms with E-state index in [9.17, 15) is 17.2 Å². The van der Waals surface area contributed by atoms with Gasteiger partial charge in [0, 0.05) is 58.4 Å². The number of hydrogen-bond donors (Lipinski definition) is 2. The molecule has 0 saturated carbocycles. The fourth-order valence-electron chi connectivity index (χ4n) is 3.53. The topological polar surface area (TPSA) is 77.0 Å². The number of sulfone groups is 1. The second-order valence-electron chi connectivity index (χ2n) is 7.16. The zero-order chi connectivity index (χ0) is 20.1. The van der Waals surface area contributed by atoms with E-state index in [0.29, 0.717) is 44.4 Å².